The minimum Gasteiger partial charge on any atom is -0.473 e. The average molecular weight is 530 g/mol. The van der Waals surface area contributed by atoms with Crippen LogP contribution in [0.4, 0.5) is 18.9 Å². The molecule has 1 aromatic rings. The Morgan fingerprint density at radius 3 is 2.11 bits per heavy atom. The van der Waals surface area contributed by atoms with Gasteiger partial charge in [-0.1, -0.05) is 18.9 Å². The predicted molar refractivity (Wildman–Crippen MR) is 128 cm³/mol. The van der Waals surface area contributed by atoms with Gasteiger partial charge in [0.05, 0.1) is 5.56 Å². The van der Waals surface area contributed by atoms with Crippen LogP contribution in [-0.2, 0) is 31.8 Å². The molecule has 0 aromatic heterocycles. The summed E-state index contributed by atoms with van der Waals surface area (Å²) < 4.78 is 39.0. The summed E-state index contributed by atoms with van der Waals surface area (Å²) in [6, 6.07) is 4.05. The third-order valence-electron chi connectivity index (χ3n) is 6.88. The van der Waals surface area contributed by atoms with Gasteiger partial charge in [0.1, 0.15) is 0 Å². The van der Waals surface area contributed by atoms with Gasteiger partial charge in [-0.15, -0.1) is 0 Å². The number of anilines is 1. The van der Waals surface area contributed by atoms with Gasteiger partial charge in [-0.3, -0.25) is 14.5 Å². The monoisotopic (exact) mass is 529 g/mol. The number of unbranched alkanes of at least 4 members (excludes halogenated alkanes) is 1. The van der Waals surface area contributed by atoms with Gasteiger partial charge in [-0.05, 0) is 68.8 Å². The summed E-state index contributed by atoms with van der Waals surface area (Å²) in [6.45, 7) is 1.82. The van der Waals surface area contributed by atoms with Crippen LogP contribution in [0.25, 0.3) is 0 Å². The number of nitrogens with zero attached hydrogens (tertiary/aromatic N) is 2. The van der Waals surface area contributed by atoms with Crippen LogP contribution in [-0.4, -0.2) is 70.4 Å². The van der Waals surface area contributed by atoms with Crippen LogP contribution < -0.4 is 5.73 Å². The number of carbonyl (C=O) groups excluding carboxylic acids is 2. The zero-order chi connectivity index (χ0) is 27.8. The first-order chi connectivity index (χ1) is 17.2. The lowest BCUT2D eigenvalue weighted by Gasteiger charge is -2.37. The number of likely N-dealkylation sites (tertiary alicyclic amines) is 1. The number of carboxylic acids is 2. The number of aliphatic carboxylic acids is 2. The summed E-state index contributed by atoms with van der Waals surface area (Å²) in [5.41, 5.74) is 4.92. The molecule has 0 unspecified atom stereocenters. The van der Waals surface area contributed by atoms with Crippen molar-refractivity contribution < 1.29 is 42.6 Å². The highest BCUT2D eigenvalue weighted by atomic mass is 19.4. The van der Waals surface area contributed by atoms with E-state index in [-0.39, 0.29) is 22.9 Å². The van der Waals surface area contributed by atoms with E-state index in [9.17, 15) is 22.8 Å². The highest BCUT2D eigenvalue weighted by Crippen LogP contribution is 2.46. The number of alkyl halides is 3. The van der Waals surface area contributed by atoms with Crippen LogP contribution >= 0.6 is 0 Å². The minimum absolute atomic E-state index is 0.0321. The van der Waals surface area contributed by atoms with Crippen molar-refractivity contribution in [2.24, 2.45) is 5.41 Å². The Labute approximate surface area is 213 Å². The van der Waals surface area contributed by atoms with E-state index in [1.54, 1.807) is 6.07 Å². The molecule has 0 radical (unpaired) electrons. The van der Waals surface area contributed by atoms with Gasteiger partial charge >= 0.3 is 18.1 Å². The molecule has 3 rings (SSSR count). The Balaban J connectivity index is 0.000000717. The second-order valence-corrected chi connectivity index (χ2v) is 9.79. The van der Waals surface area contributed by atoms with E-state index in [2.05, 4.69) is 4.90 Å². The largest absolute Gasteiger partial charge is 0.473 e. The van der Waals surface area contributed by atoms with Crippen molar-refractivity contribution in [2.45, 2.75) is 64.0 Å². The summed E-state index contributed by atoms with van der Waals surface area (Å²) in [5.74, 6) is -3.71. The molecule has 2 fully saturated rings. The number of imide groups is 1. The number of amides is 2. The zero-order valence-electron chi connectivity index (χ0n) is 20.9. The molecule has 1 heterocycles. The molecule has 2 amide bonds. The third-order valence-corrected chi connectivity index (χ3v) is 6.88. The summed E-state index contributed by atoms with van der Waals surface area (Å²) in [5, 5.41) is 14.8. The normalized spacial score (nSPS) is 17.2. The lowest BCUT2D eigenvalue weighted by molar-refractivity contribution is -0.159. The molecule has 4 N–H and O–H groups in total. The van der Waals surface area contributed by atoms with Crippen molar-refractivity contribution in [1.29, 1.82) is 0 Å². The molecule has 206 valence electrons. The number of benzene rings is 1. The molecule has 1 saturated heterocycles. The molecular weight excluding hydrogens is 495 g/mol. The van der Waals surface area contributed by atoms with Crippen LogP contribution in [0.2, 0.25) is 0 Å². The maximum atomic E-state index is 13.0. The predicted octanol–water partition coefficient (Wildman–Crippen LogP) is 3.41. The van der Waals surface area contributed by atoms with E-state index in [0.29, 0.717) is 37.9 Å². The molecule has 1 aliphatic heterocycles. The Morgan fingerprint density at radius 2 is 1.59 bits per heavy atom. The molecule has 2 aliphatic rings. The van der Waals surface area contributed by atoms with Gasteiger partial charge < -0.3 is 20.8 Å². The van der Waals surface area contributed by atoms with Gasteiger partial charge in [0.15, 0.2) is 0 Å². The lowest BCUT2D eigenvalue weighted by Crippen LogP contribution is -2.47. The number of likely N-dealkylation sites (N-methyl/N-ethyl adjacent to an activating group) is 1. The summed E-state index contributed by atoms with van der Waals surface area (Å²) in [6.07, 6.45) is 2.78. The van der Waals surface area contributed by atoms with Gasteiger partial charge in [0.2, 0.25) is 11.8 Å². The summed E-state index contributed by atoms with van der Waals surface area (Å²) in [4.78, 5) is 46.6. The van der Waals surface area contributed by atoms with Crippen LogP contribution in [0.1, 0.15) is 62.5 Å². The number of halogens is 3. The van der Waals surface area contributed by atoms with Crippen molar-refractivity contribution >= 4 is 29.4 Å². The van der Waals surface area contributed by atoms with E-state index < -0.39 is 23.7 Å². The van der Waals surface area contributed by atoms with Gasteiger partial charge in [-0.25, -0.2) is 9.59 Å². The van der Waals surface area contributed by atoms with Crippen molar-refractivity contribution in [3.63, 3.8) is 0 Å². The number of nitrogens with two attached hydrogens (primary N) is 1. The average Bonchev–Trinajstić information content (AvgIpc) is 3.24. The number of rotatable bonds is 8. The molecule has 0 bridgehead atoms. The number of hydrogen-bond acceptors (Lipinski definition) is 6. The van der Waals surface area contributed by atoms with E-state index in [0.717, 1.165) is 51.1 Å². The van der Waals surface area contributed by atoms with Crippen molar-refractivity contribution in [2.75, 3.05) is 32.4 Å². The highest BCUT2D eigenvalue weighted by Gasteiger charge is 2.44. The van der Waals surface area contributed by atoms with Gasteiger partial charge in [-0.2, -0.15) is 13.2 Å². The van der Waals surface area contributed by atoms with Crippen molar-refractivity contribution in [3.8, 4) is 0 Å². The molecule has 9 nitrogen and oxygen atoms in total. The number of nitrogen functional groups attached to an aromatic ring is 1. The maximum Gasteiger partial charge on any atom is 0.418 e. The van der Waals surface area contributed by atoms with E-state index in [1.165, 1.54) is 11.0 Å². The molecule has 1 spiro atoms. The fourth-order valence-corrected chi connectivity index (χ4v) is 4.85. The first kappa shape index (κ1) is 30.1. The Morgan fingerprint density at radius 1 is 1.03 bits per heavy atom. The van der Waals surface area contributed by atoms with Crippen LogP contribution in [0.15, 0.2) is 18.2 Å². The molecule has 1 aromatic carbocycles. The fraction of sp³-hybridized carbons (Fsp3) is 0.600. The SMILES string of the molecule is CN(CCCCN1C(=O)CC2(CCCC2)CC1=O)CCc1ccc(N)c(C(F)(F)F)c1.O=C(O)C(=O)O. The quantitative estimate of drug-likeness (QED) is 0.201. The van der Waals surface area contributed by atoms with Gasteiger partial charge in [0, 0.05) is 31.6 Å². The number of carboxylic acid groups (broad SMARTS) is 2. The van der Waals surface area contributed by atoms with Gasteiger partial charge in [0.25, 0.3) is 0 Å². The van der Waals surface area contributed by atoms with E-state index in [1.807, 2.05) is 7.05 Å². The molecule has 1 aliphatic carbocycles. The standard InChI is InChI=1S/C23H32F3N3O2.C2H2O4/c1-28(13-8-17-6-7-19(27)18(14-17)23(24,25)26)11-4-5-12-29-20(30)15-22(16-21(29)31)9-2-3-10-22;3-1(4)2(5)6/h6-7,14H,2-5,8-13,15-16,27H2,1H3;(H,3,4)(H,5,6). The van der Waals surface area contributed by atoms with Crippen LogP contribution in [0, 0.1) is 5.41 Å². The molecule has 12 heteroatoms. The lowest BCUT2D eigenvalue weighted by atomic mass is 9.76. The first-order valence-corrected chi connectivity index (χ1v) is 12.2. The Hall–Kier alpha value is -3.15. The van der Waals surface area contributed by atoms with Crippen molar-refractivity contribution in [1.82, 2.24) is 9.80 Å². The molecule has 37 heavy (non-hydrogen) atoms. The van der Waals surface area contributed by atoms with Crippen molar-refractivity contribution in [3.05, 3.63) is 29.3 Å². The molecular formula is C25H34F3N3O6. The Kier molecular flexibility index (Phi) is 10.5. The second kappa shape index (κ2) is 12.9. The number of hydrogen-bond donors (Lipinski definition) is 3. The summed E-state index contributed by atoms with van der Waals surface area (Å²) >= 11 is 0. The first-order valence-electron chi connectivity index (χ1n) is 12.2. The van der Waals surface area contributed by atoms with E-state index >= 15 is 0 Å². The van der Waals surface area contributed by atoms with E-state index in [4.69, 9.17) is 25.5 Å². The number of carbonyl (C=O) groups is 4. The topological polar surface area (TPSA) is 141 Å². The third kappa shape index (κ3) is 9.03. The van der Waals surface area contributed by atoms with Crippen LogP contribution in [0.3, 0.4) is 0 Å². The maximum absolute atomic E-state index is 13.0. The highest BCUT2D eigenvalue weighted by molar-refractivity contribution is 6.27. The minimum atomic E-state index is -4.45. The Bertz CT molecular complexity index is 960. The zero-order valence-corrected chi connectivity index (χ0v) is 20.9. The molecule has 0 atom stereocenters. The number of piperidine rings is 1. The molecule has 1 saturated carbocycles. The second-order valence-electron chi connectivity index (χ2n) is 9.79. The fourth-order valence-electron chi connectivity index (χ4n) is 4.85. The smallest absolute Gasteiger partial charge is 0.418 e. The van der Waals surface area contributed by atoms with Crippen LogP contribution in [0.5, 0.6) is 0 Å². The summed E-state index contributed by atoms with van der Waals surface area (Å²) in [7, 11) is 1.92.